The molecule has 2 heterocycles. The second-order valence-electron chi connectivity index (χ2n) is 6.80. The molecule has 1 aliphatic rings. The molecule has 1 fully saturated rings. The first-order valence-corrected chi connectivity index (χ1v) is 9.68. The quantitative estimate of drug-likeness (QED) is 0.695. The third-order valence-corrected chi connectivity index (χ3v) is 5.62. The van der Waals surface area contributed by atoms with Gasteiger partial charge in [-0.3, -0.25) is 4.79 Å². The van der Waals surface area contributed by atoms with Gasteiger partial charge in [-0.25, -0.2) is 9.67 Å². The molecule has 7 heteroatoms. The van der Waals surface area contributed by atoms with Crippen LogP contribution in [0.5, 0.6) is 5.75 Å². The van der Waals surface area contributed by atoms with Gasteiger partial charge in [-0.05, 0) is 31.0 Å². The van der Waals surface area contributed by atoms with Gasteiger partial charge in [0.05, 0.1) is 18.4 Å². The topological polar surface area (TPSA) is 72.8 Å². The number of H-pyrrole nitrogens is 1. The van der Waals surface area contributed by atoms with E-state index in [1.165, 1.54) is 19.3 Å². The lowest BCUT2D eigenvalue weighted by Gasteiger charge is -2.19. The van der Waals surface area contributed by atoms with Crippen LogP contribution in [0.4, 0.5) is 0 Å². The largest absolute Gasteiger partial charge is 0.496 e. The Hall–Kier alpha value is -2.15. The Bertz CT molecular complexity index is 1020. The minimum Gasteiger partial charge on any atom is -0.496 e. The number of rotatable bonds is 3. The highest BCUT2D eigenvalue weighted by molar-refractivity contribution is 9.10. The van der Waals surface area contributed by atoms with Crippen LogP contribution in [-0.4, -0.2) is 26.9 Å². The first-order valence-electron chi connectivity index (χ1n) is 8.89. The van der Waals surface area contributed by atoms with Crippen LogP contribution in [0.15, 0.2) is 27.5 Å². The van der Waals surface area contributed by atoms with Gasteiger partial charge in [0.15, 0.2) is 5.65 Å². The van der Waals surface area contributed by atoms with Gasteiger partial charge in [-0.15, -0.1) is 0 Å². The first kappa shape index (κ1) is 17.3. The van der Waals surface area contributed by atoms with Crippen molar-refractivity contribution in [2.75, 3.05) is 7.11 Å². The van der Waals surface area contributed by atoms with Crippen molar-refractivity contribution < 1.29 is 4.74 Å². The van der Waals surface area contributed by atoms with Crippen LogP contribution in [0.2, 0.25) is 0 Å². The number of benzene rings is 1. The first-order chi connectivity index (χ1) is 12.6. The second-order valence-corrected chi connectivity index (χ2v) is 7.72. The Balaban J connectivity index is 1.88. The van der Waals surface area contributed by atoms with E-state index in [1.807, 2.05) is 25.2 Å². The zero-order valence-electron chi connectivity index (χ0n) is 14.9. The summed E-state index contributed by atoms with van der Waals surface area (Å²) in [6.45, 7) is 0. The van der Waals surface area contributed by atoms with Crippen LogP contribution < -0.4 is 10.3 Å². The summed E-state index contributed by atoms with van der Waals surface area (Å²) in [6, 6.07) is 5.64. The van der Waals surface area contributed by atoms with E-state index in [1.54, 1.807) is 11.8 Å². The maximum Gasteiger partial charge on any atom is 0.262 e. The van der Waals surface area contributed by atoms with E-state index in [0.717, 1.165) is 28.6 Å². The third kappa shape index (κ3) is 2.94. The molecule has 0 saturated heterocycles. The van der Waals surface area contributed by atoms with E-state index in [2.05, 4.69) is 26.0 Å². The molecule has 0 aliphatic heterocycles. The number of hydrogen-bond acceptors (Lipinski definition) is 4. The van der Waals surface area contributed by atoms with Crippen LogP contribution in [0.1, 0.15) is 43.7 Å². The van der Waals surface area contributed by atoms with Gasteiger partial charge in [-0.2, -0.15) is 5.10 Å². The normalized spacial score (nSPS) is 15.5. The summed E-state index contributed by atoms with van der Waals surface area (Å²) in [7, 11) is 3.46. The number of nitrogens with one attached hydrogen (secondary N) is 1. The molecule has 0 bridgehead atoms. The molecule has 0 unspecified atom stereocenters. The molecule has 0 amide bonds. The van der Waals surface area contributed by atoms with Gasteiger partial charge >= 0.3 is 0 Å². The number of hydrogen-bond donors (Lipinski definition) is 1. The maximum absolute atomic E-state index is 12.9. The van der Waals surface area contributed by atoms with Gasteiger partial charge in [0.1, 0.15) is 17.0 Å². The summed E-state index contributed by atoms with van der Waals surface area (Å²) in [6.07, 6.45) is 5.84. The lowest BCUT2D eigenvalue weighted by molar-refractivity contribution is 0.416. The van der Waals surface area contributed by atoms with Crippen molar-refractivity contribution in [3.8, 4) is 17.1 Å². The summed E-state index contributed by atoms with van der Waals surface area (Å²) in [5.74, 6) is 1.49. The number of fused-ring (bicyclic) bond motifs is 1. The van der Waals surface area contributed by atoms with Crippen molar-refractivity contribution >= 4 is 27.0 Å². The zero-order valence-corrected chi connectivity index (χ0v) is 16.5. The molecule has 4 rings (SSSR count). The Morgan fingerprint density at radius 1 is 1.27 bits per heavy atom. The van der Waals surface area contributed by atoms with E-state index in [4.69, 9.17) is 9.72 Å². The van der Waals surface area contributed by atoms with Gasteiger partial charge in [-0.1, -0.05) is 35.2 Å². The number of halogens is 1. The summed E-state index contributed by atoms with van der Waals surface area (Å²) >= 11 is 3.44. The Morgan fingerprint density at radius 2 is 2.04 bits per heavy atom. The van der Waals surface area contributed by atoms with Crippen molar-refractivity contribution in [1.29, 1.82) is 0 Å². The summed E-state index contributed by atoms with van der Waals surface area (Å²) in [5, 5.41) is 5.29. The van der Waals surface area contributed by atoms with E-state index < -0.39 is 0 Å². The molecule has 1 saturated carbocycles. The number of nitrogens with zero attached hydrogens (tertiary/aromatic N) is 3. The van der Waals surface area contributed by atoms with Crippen molar-refractivity contribution in [2.24, 2.45) is 7.05 Å². The minimum absolute atomic E-state index is 0.136. The van der Waals surface area contributed by atoms with Crippen LogP contribution in [-0.2, 0) is 7.05 Å². The fourth-order valence-corrected chi connectivity index (χ4v) is 4.18. The van der Waals surface area contributed by atoms with Gasteiger partial charge in [0, 0.05) is 17.4 Å². The third-order valence-electron chi connectivity index (χ3n) is 5.13. The monoisotopic (exact) mass is 416 g/mol. The molecule has 0 atom stereocenters. The van der Waals surface area contributed by atoms with E-state index in [9.17, 15) is 4.79 Å². The van der Waals surface area contributed by atoms with E-state index in [-0.39, 0.29) is 5.56 Å². The van der Waals surface area contributed by atoms with Gasteiger partial charge in [0.2, 0.25) is 0 Å². The van der Waals surface area contributed by atoms with Crippen molar-refractivity contribution in [3.05, 3.63) is 38.7 Å². The standard InChI is InChI=1S/C19H21BrN4O2/c1-24-18-15(16(23-24)11-6-4-3-5-7-11)19(25)22-17(21-18)13-9-8-12(20)10-14(13)26-2/h8-11H,3-7H2,1-2H3,(H,21,22,25). The van der Waals surface area contributed by atoms with Crippen molar-refractivity contribution in [3.63, 3.8) is 0 Å². The van der Waals surface area contributed by atoms with Crippen LogP contribution in [0.3, 0.4) is 0 Å². The lowest BCUT2D eigenvalue weighted by Crippen LogP contribution is -2.13. The molecule has 1 aliphatic carbocycles. The number of aromatic amines is 1. The molecule has 136 valence electrons. The average Bonchev–Trinajstić information content (AvgIpc) is 2.99. The fourth-order valence-electron chi connectivity index (χ4n) is 3.84. The molecular formula is C19H21BrN4O2. The highest BCUT2D eigenvalue weighted by Crippen LogP contribution is 2.35. The Kier molecular flexibility index (Phi) is 4.56. The number of ether oxygens (including phenoxy) is 1. The molecule has 2 aromatic heterocycles. The molecular weight excluding hydrogens is 396 g/mol. The van der Waals surface area contributed by atoms with Gasteiger partial charge in [0.25, 0.3) is 5.56 Å². The number of aromatic nitrogens is 4. The number of aryl methyl sites for hydroxylation is 1. The summed E-state index contributed by atoms with van der Waals surface area (Å²) in [5.41, 5.74) is 2.12. The molecule has 1 N–H and O–H groups in total. The number of methoxy groups -OCH3 is 1. The molecule has 26 heavy (non-hydrogen) atoms. The van der Waals surface area contributed by atoms with Crippen molar-refractivity contribution in [1.82, 2.24) is 19.7 Å². The SMILES string of the molecule is COc1cc(Br)ccc1-c1nc2c(c(C3CCCCC3)nn2C)c(=O)[nH]1. The smallest absolute Gasteiger partial charge is 0.262 e. The predicted octanol–water partition coefficient (Wildman–Crippen LogP) is 4.14. The lowest BCUT2D eigenvalue weighted by atomic mass is 9.86. The molecule has 3 aromatic rings. The van der Waals surface area contributed by atoms with Crippen LogP contribution in [0.25, 0.3) is 22.4 Å². The van der Waals surface area contributed by atoms with E-state index >= 15 is 0 Å². The summed E-state index contributed by atoms with van der Waals surface area (Å²) < 4.78 is 8.08. The highest BCUT2D eigenvalue weighted by atomic mass is 79.9. The molecule has 0 spiro atoms. The van der Waals surface area contributed by atoms with Crippen LogP contribution >= 0.6 is 15.9 Å². The maximum atomic E-state index is 12.9. The fraction of sp³-hybridized carbons (Fsp3) is 0.421. The second kappa shape index (κ2) is 6.87. The van der Waals surface area contributed by atoms with E-state index in [0.29, 0.717) is 28.5 Å². The molecule has 1 aromatic carbocycles. The van der Waals surface area contributed by atoms with Gasteiger partial charge < -0.3 is 9.72 Å². The Labute approximate surface area is 159 Å². The zero-order chi connectivity index (χ0) is 18.3. The Morgan fingerprint density at radius 3 is 2.77 bits per heavy atom. The highest BCUT2D eigenvalue weighted by Gasteiger charge is 2.24. The molecule has 6 nitrogen and oxygen atoms in total. The van der Waals surface area contributed by atoms with Crippen LogP contribution in [0, 0.1) is 0 Å². The summed E-state index contributed by atoms with van der Waals surface area (Å²) in [4.78, 5) is 20.6. The molecule has 0 radical (unpaired) electrons. The minimum atomic E-state index is -0.136. The predicted molar refractivity (Wildman–Crippen MR) is 105 cm³/mol. The van der Waals surface area contributed by atoms with Crippen molar-refractivity contribution in [2.45, 2.75) is 38.0 Å². The average molecular weight is 417 g/mol.